The first-order chi connectivity index (χ1) is 3.63. The van der Waals surface area contributed by atoms with E-state index in [0.717, 1.165) is 6.42 Å². The fraction of sp³-hybridized carbons (Fsp3) is 1.00. The third-order valence-corrected chi connectivity index (χ3v) is 2.83. The van der Waals surface area contributed by atoms with Crippen molar-refractivity contribution in [1.29, 1.82) is 0 Å². The molecule has 0 saturated carbocycles. The van der Waals surface area contributed by atoms with Gasteiger partial charge in [-0.2, -0.15) is 0 Å². The zero-order valence-corrected chi connectivity index (χ0v) is 5.96. The molecule has 0 N–H and O–H groups in total. The van der Waals surface area contributed by atoms with Crippen LogP contribution in [0.25, 0.3) is 0 Å². The molecule has 1 heterocycles. The highest BCUT2D eigenvalue weighted by Gasteiger charge is 2.32. The molecular formula is C5H10O2S. The van der Waals surface area contributed by atoms with E-state index in [9.17, 15) is 4.21 Å². The number of hydrogen-bond donors (Lipinski definition) is 0. The first-order valence-corrected chi connectivity index (χ1v) is 3.75. The second-order valence-corrected chi connectivity index (χ2v) is 4.38. The summed E-state index contributed by atoms with van der Waals surface area (Å²) in [6, 6.07) is 0. The monoisotopic (exact) mass is 134 g/mol. The van der Waals surface area contributed by atoms with Crippen LogP contribution in [0.1, 0.15) is 20.3 Å². The molecule has 8 heavy (non-hydrogen) atoms. The van der Waals surface area contributed by atoms with Crippen LogP contribution in [0.15, 0.2) is 0 Å². The summed E-state index contributed by atoms with van der Waals surface area (Å²) in [5.74, 6) is 0. The van der Waals surface area contributed by atoms with Gasteiger partial charge in [-0.1, -0.05) is 0 Å². The second kappa shape index (κ2) is 1.81. The largest absolute Gasteiger partial charge is 0.290 e. The fourth-order valence-corrected chi connectivity index (χ4v) is 1.41. The van der Waals surface area contributed by atoms with E-state index in [2.05, 4.69) is 0 Å². The van der Waals surface area contributed by atoms with Crippen LogP contribution in [-0.4, -0.2) is 15.6 Å². The van der Waals surface area contributed by atoms with E-state index in [0.29, 0.717) is 6.61 Å². The van der Waals surface area contributed by atoms with Crippen molar-refractivity contribution < 1.29 is 8.39 Å². The lowest BCUT2D eigenvalue weighted by Gasteiger charge is -2.09. The molecule has 0 spiro atoms. The lowest BCUT2D eigenvalue weighted by molar-refractivity contribution is 0.378. The summed E-state index contributed by atoms with van der Waals surface area (Å²) in [6.07, 6.45) is 0.916. The van der Waals surface area contributed by atoms with Crippen LogP contribution in [0.3, 0.4) is 0 Å². The average Bonchev–Trinajstić information content (AvgIpc) is 1.86. The average molecular weight is 134 g/mol. The molecule has 0 aromatic heterocycles. The molecule has 0 radical (unpaired) electrons. The third-order valence-electron chi connectivity index (χ3n) is 1.35. The normalized spacial score (nSPS) is 35.5. The molecule has 1 fully saturated rings. The van der Waals surface area contributed by atoms with Gasteiger partial charge in [-0.15, -0.1) is 0 Å². The van der Waals surface area contributed by atoms with Gasteiger partial charge in [0.15, 0.2) is 11.1 Å². The van der Waals surface area contributed by atoms with Crippen LogP contribution in [0.2, 0.25) is 0 Å². The highest BCUT2D eigenvalue weighted by atomic mass is 32.2. The van der Waals surface area contributed by atoms with E-state index in [-0.39, 0.29) is 4.75 Å². The Labute approximate surface area is 51.9 Å². The Morgan fingerprint density at radius 1 is 1.62 bits per heavy atom. The minimum atomic E-state index is -1.03. The van der Waals surface area contributed by atoms with Gasteiger partial charge in [-0.25, -0.2) is 4.21 Å². The third kappa shape index (κ3) is 0.928. The Kier molecular flexibility index (Phi) is 1.41. The summed E-state index contributed by atoms with van der Waals surface area (Å²) in [4.78, 5) is 0. The van der Waals surface area contributed by atoms with Crippen molar-refractivity contribution in [3.63, 3.8) is 0 Å². The Balaban J connectivity index is 2.68. The quantitative estimate of drug-likeness (QED) is 0.491. The van der Waals surface area contributed by atoms with Crippen molar-refractivity contribution in [1.82, 2.24) is 0 Å². The van der Waals surface area contributed by atoms with Gasteiger partial charge in [0.1, 0.15) is 0 Å². The van der Waals surface area contributed by atoms with Crippen molar-refractivity contribution in [2.45, 2.75) is 25.0 Å². The molecule has 2 nitrogen and oxygen atoms in total. The summed E-state index contributed by atoms with van der Waals surface area (Å²) in [5.41, 5.74) is 0. The molecule has 0 aromatic rings. The van der Waals surface area contributed by atoms with Gasteiger partial charge in [-0.05, 0) is 20.3 Å². The van der Waals surface area contributed by atoms with Gasteiger partial charge < -0.3 is 0 Å². The predicted molar refractivity (Wildman–Crippen MR) is 32.8 cm³/mol. The standard InChI is InChI=1S/C5H10O2S/c1-5(2)3-4-7-8(5)6/h3-4H2,1-2H3. The van der Waals surface area contributed by atoms with Crippen LogP contribution in [-0.2, 0) is 15.3 Å². The van der Waals surface area contributed by atoms with Crippen LogP contribution in [0.4, 0.5) is 0 Å². The summed E-state index contributed by atoms with van der Waals surface area (Å²) < 4.78 is 15.5. The van der Waals surface area contributed by atoms with Crippen molar-refractivity contribution in [2.24, 2.45) is 0 Å². The molecule has 1 atom stereocenters. The minimum absolute atomic E-state index is 0.0972. The smallest absolute Gasteiger partial charge is 0.161 e. The summed E-state index contributed by atoms with van der Waals surface area (Å²) in [7, 11) is 0. The highest BCUT2D eigenvalue weighted by molar-refractivity contribution is 7.81. The molecule has 48 valence electrons. The molecular weight excluding hydrogens is 124 g/mol. The van der Waals surface area contributed by atoms with Gasteiger partial charge >= 0.3 is 0 Å². The van der Waals surface area contributed by atoms with Gasteiger partial charge in [0.2, 0.25) is 0 Å². The van der Waals surface area contributed by atoms with E-state index >= 15 is 0 Å². The molecule has 1 aliphatic heterocycles. The highest BCUT2D eigenvalue weighted by Crippen LogP contribution is 2.24. The van der Waals surface area contributed by atoms with E-state index in [1.807, 2.05) is 13.8 Å². The molecule has 0 aliphatic carbocycles. The van der Waals surface area contributed by atoms with Crippen molar-refractivity contribution in [3.05, 3.63) is 0 Å². The minimum Gasteiger partial charge on any atom is -0.290 e. The molecule has 1 saturated heterocycles. The topological polar surface area (TPSA) is 26.3 Å². The first kappa shape index (κ1) is 6.23. The zero-order valence-electron chi connectivity index (χ0n) is 5.14. The Hall–Kier alpha value is 0.110. The fourth-order valence-electron chi connectivity index (χ4n) is 0.606. The maximum absolute atomic E-state index is 10.8. The van der Waals surface area contributed by atoms with Gasteiger partial charge in [0, 0.05) is 0 Å². The second-order valence-electron chi connectivity index (χ2n) is 2.57. The molecule has 1 rings (SSSR count). The van der Waals surface area contributed by atoms with Crippen LogP contribution < -0.4 is 0 Å². The van der Waals surface area contributed by atoms with Gasteiger partial charge in [0.05, 0.1) is 11.4 Å². The van der Waals surface area contributed by atoms with Crippen LogP contribution in [0, 0.1) is 0 Å². The predicted octanol–water partition coefficient (Wildman–Crippen LogP) is 0.849. The van der Waals surface area contributed by atoms with E-state index in [4.69, 9.17) is 4.18 Å². The molecule has 0 aromatic carbocycles. The molecule has 1 unspecified atom stereocenters. The molecule has 1 aliphatic rings. The molecule has 0 amide bonds. The van der Waals surface area contributed by atoms with Crippen molar-refractivity contribution >= 4 is 11.1 Å². The Morgan fingerprint density at radius 2 is 2.25 bits per heavy atom. The number of hydrogen-bond acceptors (Lipinski definition) is 2. The van der Waals surface area contributed by atoms with Gasteiger partial charge in [-0.3, -0.25) is 4.18 Å². The SMILES string of the molecule is CC1(C)CCOS1=O. The summed E-state index contributed by atoms with van der Waals surface area (Å²) in [6.45, 7) is 4.56. The zero-order chi connectivity index (χ0) is 6.20. The maximum atomic E-state index is 10.8. The van der Waals surface area contributed by atoms with Crippen LogP contribution >= 0.6 is 0 Å². The maximum Gasteiger partial charge on any atom is 0.161 e. The van der Waals surface area contributed by atoms with Crippen LogP contribution in [0.5, 0.6) is 0 Å². The summed E-state index contributed by atoms with van der Waals surface area (Å²) in [5, 5.41) is 0. The Morgan fingerprint density at radius 3 is 2.38 bits per heavy atom. The Bertz CT molecular complexity index is 120. The van der Waals surface area contributed by atoms with E-state index in [1.165, 1.54) is 0 Å². The summed E-state index contributed by atoms with van der Waals surface area (Å²) >= 11 is -1.03. The molecule has 0 bridgehead atoms. The lowest BCUT2D eigenvalue weighted by Crippen LogP contribution is -2.19. The lowest BCUT2D eigenvalue weighted by atomic mass is 10.1. The number of rotatable bonds is 0. The van der Waals surface area contributed by atoms with E-state index in [1.54, 1.807) is 0 Å². The van der Waals surface area contributed by atoms with Crippen molar-refractivity contribution in [2.75, 3.05) is 6.61 Å². The van der Waals surface area contributed by atoms with Crippen molar-refractivity contribution in [3.8, 4) is 0 Å². The van der Waals surface area contributed by atoms with E-state index < -0.39 is 11.1 Å². The first-order valence-electron chi connectivity index (χ1n) is 2.68. The van der Waals surface area contributed by atoms with Gasteiger partial charge in [0.25, 0.3) is 0 Å². The molecule has 3 heteroatoms.